The van der Waals surface area contributed by atoms with Crippen LogP contribution >= 0.6 is 23.7 Å². The van der Waals surface area contributed by atoms with Gasteiger partial charge in [0.1, 0.15) is 5.01 Å². The maximum Gasteiger partial charge on any atom is 0.245 e. The third-order valence-corrected chi connectivity index (χ3v) is 3.24. The molecule has 20 heavy (non-hydrogen) atoms. The van der Waals surface area contributed by atoms with Gasteiger partial charge in [0.05, 0.1) is 13.1 Å². The number of carbonyl (C=O) groups excluding carboxylic acids is 2. The number of aromatic nitrogens is 2. The van der Waals surface area contributed by atoms with E-state index in [-0.39, 0.29) is 37.3 Å². The minimum Gasteiger partial charge on any atom is -0.346 e. The Balaban J connectivity index is 0.00000361. The molecule has 4 N–H and O–H groups in total. The van der Waals surface area contributed by atoms with Crippen LogP contribution in [0.25, 0.3) is 0 Å². The number of halogens is 1. The van der Waals surface area contributed by atoms with Gasteiger partial charge in [-0.1, -0.05) is 31.1 Å². The lowest BCUT2D eigenvalue weighted by Crippen LogP contribution is -2.36. The molecule has 0 bridgehead atoms. The lowest BCUT2D eigenvalue weighted by Gasteiger charge is -2.02. The Morgan fingerprint density at radius 1 is 1.25 bits per heavy atom. The predicted molar refractivity (Wildman–Crippen MR) is 81.1 cm³/mol. The van der Waals surface area contributed by atoms with Crippen molar-refractivity contribution in [2.75, 3.05) is 18.4 Å². The van der Waals surface area contributed by atoms with Crippen molar-refractivity contribution in [3.63, 3.8) is 0 Å². The third kappa shape index (κ3) is 7.37. The van der Waals surface area contributed by atoms with Crippen LogP contribution < -0.4 is 16.4 Å². The highest BCUT2D eigenvalue weighted by atomic mass is 35.5. The van der Waals surface area contributed by atoms with Crippen molar-refractivity contribution in [1.29, 1.82) is 0 Å². The molecule has 9 heteroatoms. The van der Waals surface area contributed by atoms with E-state index in [2.05, 4.69) is 27.8 Å². The van der Waals surface area contributed by atoms with Gasteiger partial charge in [-0.25, -0.2) is 0 Å². The molecule has 0 radical (unpaired) electrons. The SMILES string of the molecule is CCCCCc1nnc(NC(=O)CNC(=O)CN)s1.Cl. The Kier molecular flexibility index (Phi) is 9.87. The minimum atomic E-state index is -0.368. The fourth-order valence-electron chi connectivity index (χ4n) is 1.35. The number of nitrogens with zero attached hydrogens (tertiary/aromatic N) is 2. The highest BCUT2D eigenvalue weighted by molar-refractivity contribution is 7.15. The predicted octanol–water partition coefficient (Wildman–Crippen LogP) is 0.706. The molecule has 0 aliphatic carbocycles. The molecule has 114 valence electrons. The van der Waals surface area contributed by atoms with Crippen LogP contribution in [0.1, 0.15) is 31.2 Å². The van der Waals surface area contributed by atoms with Gasteiger partial charge < -0.3 is 11.1 Å². The molecule has 0 aliphatic rings. The molecule has 7 nitrogen and oxygen atoms in total. The first-order chi connectivity index (χ1) is 9.15. The first kappa shape index (κ1) is 18.8. The van der Waals surface area contributed by atoms with E-state index in [0.29, 0.717) is 5.13 Å². The summed E-state index contributed by atoms with van der Waals surface area (Å²) in [5.74, 6) is -0.703. The van der Waals surface area contributed by atoms with Crippen LogP contribution in [0.5, 0.6) is 0 Å². The summed E-state index contributed by atoms with van der Waals surface area (Å²) < 4.78 is 0. The molecule has 0 fully saturated rings. The van der Waals surface area contributed by atoms with E-state index in [9.17, 15) is 9.59 Å². The van der Waals surface area contributed by atoms with Crippen LogP contribution in [0.4, 0.5) is 5.13 Å². The zero-order valence-corrected chi connectivity index (χ0v) is 13.0. The second-order valence-electron chi connectivity index (χ2n) is 3.99. The monoisotopic (exact) mass is 321 g/mol. The topological polar surface area (TPSA) is 110 Å². The van der Waals surface area contributed by atoms with Gasteiger partial charge in [-0.2, -0.15) is 0 Å². The molecule has 0 aromatic carbocycles. The highest BCUT2D eigenvalue weighted by Gasteiger charge is 2.08. The van der Waals surface area contributed by atoms with Crippen molar-refractivity contribution in [2.45, 2.75) is 32.6 Å². The van der Waals surface area contributed by atoms with Crippen LogP contribution in [-0.4, -0.2) is 35.1 Å². The molecule has 0 atom stereocenters. The Bertz CT molecular complexity index is 427. The molecular formula is C11H20ClN5O2S. The maximum atomic E-state index is 11.5. The van der Waals surface area contributed by atoms with Crippen LogP contribution in [0.3, 0.4) is 0 Å². The molecule has 1 heterocycles. The first-order valence-electron chi connectivity index (χ1n) is 6.24. The average Bonchev–Trinajstić information content (AvgIpc) is 2.84. The van der Waals surface area contributed by atoms with E-state index in [4.69, 9.17) is 5.73 Å². The largest absolute Gasteiger partial charge is 0.346 e. The first-order valence-corrected chi connectivity index (χ1v) is 7.06. The van der Waals surface area contributed by atoms with Crippen LogP contribution in [-0.2, 0) is 16.0 Å². The second-order valence-corrected chi connectivity index (χ2v) is 5.05. The molecule has 1 rings (SSSR count). The van der Waals surface area contributed by atoms with E-state index in [0.717, 1.165) is 30.7 Å². The van der Waals surface area contributed by atoms with Crippen molar-refractivity contribution in [2.24, 2.45) is 5.73 Å². The molecule has 1 aromatic rings. The Hall–Kier alpha value is -1.25. The fourth-order valence-corrected chi connectivity index (χ4v) is 2.14. The van der Waals surface area contributed by atoms with Gasteiger partial charge in [-0.05, 0) is 6.42 Å². The molecule has 0 saturated carbocycles. The van der Waals surface area contributed by atoms with Gasteiger partial charge in [0.15, 0.2) is 0 Å². The number of nitrogens with two attached hydrogens (primary N) is 1. The molecule has 0 aliphatic heterocycles. The number of nitrogens with one attached hydrogen (secondary N) is 2. The quantitative estimate of drug-likeness (QED) is 0.611. The fraction of sp³-hybridized carbons (Fsp3) is 0.636. The number of hydrogen-bond acceptors (Lipinski definition) is 6. The maximum absolute atomic E-state index is 11.5. The van der Waals surface area contributed by atoms with Crippen molar-refractivity contribution in [1.82, 2.24) is 15.5 Å². The number of hydrogen-bond donors (Lipinski definition) is 3. The summed E-state index contributed by atoms with van der Waals surface area (Å²) in [7, 11) is 0. The molecule has 0 spiro atoms. The van der Waals surface area contributed by atoms with Crippen molar-refractivity contribution in [3.05, 3.63) is 5.01 Å². The van der Waals surface area contributed by atoms with E-state index < -0.39 is 0 Å². The number of aryl methyl sites for hydroxylation is 1. The minimum absolute atomic E-state index is 0. The van der Waals surface area contributed by atoms with Crippen LogP contribution in [0, 0.1) is 0 Å². The summed E-state index contributed by atoms with van der Waals surface area (Å²) in [6, 6.07) is 0. The van der Waals surface area contributed by atoms with Gasteiger partial charge in [0.2, 0.25) is 16.9 Å². The number of carbonyl (C=O) groups is 2. The average molecular weight is 322 g/mol. The highest BCUT2D eigenvalue weighted by Crippen LogP contribution is 2.17. The molecule has 1 aromatic heterocycles. The van der Waals surface area contributed by atoms with Gasteiger partial charge in [0, 0.05) is 6.42 Å². The standard InChI is InChI=1S/C11H19N5O2S.ClH/c1-2-3-4-5-10-15-16-11(19-10)14-9(18)7-13-8(17)6-12;/h2-7,12H2,1H3,(H,13,17)(H,14,16,18);1H. The van der Waals surface area contributed by atoms with Crippen molar-refractivity contribution in [3.8, 4) is 0 Å². The van der Waals surface area contributed by atoms with E-state index in [1.165, 1.54) is 11.3 Å². The number of amides is 2. The smallest absolute Gasteiger partial charge is 0.245 e. The van der Waals surface area contributed by atoms with Crippen LogP contribution in [0.15, 0.2) is 0 Å². The molecule has 0 saturated heterocycles. The van der Waals surface area contributed by atoms with Crippen LogP contribution in [0.2, 0.25) is 0 Å². The lowest BCUT2D eigenvalue weighted by molar-refractivity contribution is -0.123. The lowest BCUT2D eigenvalue weighted by atomic mass is 10.2. The van der Waals surface area contributed by atoms with Gasteiger partial charge >= 0.3 is 0 Å². The molecule has 0 unspecified atom stereocenters. The van der Waals surface area contributed by atoms with E-state index in [1.54, 1.807) is 0 Å². The van der Waals surface area contributed by atoms with Crippen molar-refractivity contribution < 1.29 is 9.59 Å². The Labute approximate surface area is 128 Å². The Morgan fingerprint density at radius 2 is 2.00 bits per heavy atom. The summed E-state index contributed by atoms with van der Waals surface area (Å²) in [6.45, 7) is 1.90. The summed E-state index contributed by atoms with van der Waals surface area (Å²) in [6.07, 6.45) is 4.27. The third-order valence-electron chi connectivity index (χ3n) is 2.34. The summed E-state index contributed by atoms with van der Waals surface area (Å²) in [5, 5.41) is 14.2. The van der Waals surface area contributed by atoms with Crippen molar-refractivity contribution >= 4 is 40.7 Å². The zero-order valence-electron chi connectivity index (χ0n) is 11.3. The number of unbranched alkanes of at least 4 members (excludes halogenated alkanes) is 2. The van der Waals surface area contributed by atoms with E-state index in [1.807, 2.05) is 0 Å². The zero-order chi connectivity index (χ0) is 14.1. The summed E-state index contributed by atoms with van der Waals surface area (Å²) in [4.78, 5) is 22.4. The molecular weight excluding hydrogens is 302 g/mol. The van der Waals surface area contributed by atoms with E-state index >= 15 is 0 Å². The molecule has 2 amide bonds. The normalized spacial score (nSPS) is 9.70. The van der Waals surface area contributed by atoms with Gasteiger partial charge in [-0.3, -0.25) is 14.9 Å². The Morgan fingerprint density at radius 3 is 2.65 bits per heavy atom. The van der Waals surface area contributed by atoms with Gasteiger partial charge in [0.25, 0.3) is 0 Å². The second kappa shape index (κ2) is 10.5. The number of rotatable bonds is 8. The number of anilines is 1. The summed E-state index contributed by atoms with van der Waals surface area (Å²) in [5.41, 5.74) is 5.11. The van der Waals surface area contributed by atoms with Gasteiger partial charge in [-0.15, -0.1) is 22.6 Å². The summed E-state index contributed by atoms with van der Waals surface area (Å²) >= 11 is 1.36.